The summed E-state index contributed by atoms with van der Waals surface area (Å²) < 4.78 is 15.8. The number of guanidine groups is 1. The third kappa shape index (κ3) is 2.52. The highest BCUT2D eigenvalue weighted by molar-refractivity contribution is 6.15. The maximum absolute atomic E-state index is 13.6. The SMILES string of the molecule is Cn1c2c(c(=O)n(C)c1=O)C(O)(c1ccc(F)cc1)N=C1N(N)c3ccccc3N1C2. The normalized spacial score (nSPS) is 19.5. The fourth-order valence-corrected chi connectivity index (χ4v) is 4.17. The second kappa shape index (κ2) is 6.37. The second-order valence-electron chi connectivity index (χ2n) is 7.56. The molecule has 3 N–H and O–H groups in total. The van der Waals surface area contributed by atoms with Gasteiger partial charge >= 0.3 is 5.69 Å². The van der Waals surface area contributed by atoms with Crippen LogP contribution in [0.25, 0.3) is 0 Å². The predicted octanol–water partition coefficient (Wildman–Crippen LogP) is 0.486. The first kappa shape index (κ1) is 19.2. The van der Waals surface area contributed by atoms with Gasteiger partial charge in [0.15, 0.2) is 0 Å². The topological polar surface area (TPSA) is 109 Å². The zero-order valence-corrected chi connectivity index (χ0v) is 16.8. The fourth-order valence-electron chi connectivity index (χ4n) is 4.17. The zero-order valence-electron chi connectivity index (χ0n) is 16.8. The molecule has 2 aliphatic heterocycles. The molecule has 31 heavy (non-hydrogen) atoms. The first-order valence-corrected chi connectivity index (χ1v) is 9.53. The molecule has 5 rings (SSSR count). The molecule has 9 nitrogen and oxygen atoms in total. The first-order chi connectivity index (χ1) is 14.7. The fraction of sp³-hybridized carbons (Fsp3) is 0.190. The molecule has 158 valence electrons. The molecule has 0 aliphatic carbocycles. The highest BCUT2D eigenvalue weighted by Crippen LogP contribution is 2.41. The van der Waals surface area contributed by atoms with Gasteiger partial charge in [0.25, 0.3) is 5.56 Å². The average molecular weight is 422 g/mol. The summed E-state index contributed by atoms with van der Waals surface area (Å²) in [6.07, 6.45) is 0. The van der Waals surface area contributed by atoms with Gasteiger partial charge in [-0.05, 0) is 24.3 Å². The van der Waals surface area contributed by atoms with Crippen molar-refractivity contribution in [3.8, 4) is 0 Å². The Labute approximate surface area is 175 Å². The van der Waals surface area contributed by atoms with Crippen molar-refractivity contribution in [2.24, 2.45) is 24.9 Å². The summed E-state index contributed by atoms with van der Waals surface area (Å²) in [5.41, 5.74) is -1.69. The summed E-state index contributed by atoms with van der Waals surface area (Å²) in [6, 6.07) is 12.3. The van der Waals surface area contributed by atoms with E-state index in [1.165, 1.54) is 47.9 Å². The maximum Gasteiger partial charge on any atom is 0.330 e. The van der Waals surface area contributed by atoms with E-state index in [4.69, 9.17) is 5.84 Å². The van der Waals surface area contributed by atoms with Gasteiger partial charge < -0.3 is 10.0 Å². The van der Waals surface area contributed by atoms with E-state index in [0.29, 0.717) is 11.4 Å². The van der Waals surface area contributed by atoms with Crippen molar-refractivity contribution >= 4 is 17.3 Å². The molecule has 0 bridgehead atoms. The molecule has 0 saturated carbocycles. The van der Waals surface area contributed by atoms with Crippen LogP contribution in [0.15, 0.2) is 63.1 Å². The van der Waals surface area contributed by atoms with Crippen molar-refractivity contribution < 1.29 is 9.50 Å². The van der Waals surface area contributed by atoms with Crippen LogP contribution in [0.4, 0.5) is 15.8 Å². The summed E-state index contributed by atoms with van der Waals surface area (Å²) in [4.78, 5) is 32.2. The molecule has 3 heterocycles. The van der Waals surface area contributed by atoms with E-state index in [9.17, 15) is 19.1 Å². The lowest BCUT2D eigenvalue weighted by Gasteiger charge is -2.26. The molecule has 0 spiro atoms. The van der Waals surface area contributed by atoms with Crippen LogP contribution in [0.2, 0.25) is 0 Å². The van der Waals surface area contributed by atoms with Gasteiger partial charge in [0.05, 0.1) is 29.2 Å². The van der Waals surface area contributed by atoms with E-state index in [-0.39, 0.29) is 29.3 Å². The van der Waals surface area contributed by atoms with E-state index in [1.54, 1.807) is 11.0 Å². The van der Waals surface area contributed by atoms with Crippen LogP contribution < -0.4 is 27.0 Å². The summed E-state index contributed by atoms with van der Waals surface area (Å²) in [5, 5.41) is 13.2. The molecule has 1 atom stereocenters. The van der Waals surface area contributed by atoms with E-state index >= 15 is 0 Å². The van der Waals surface area contributed by atoms with Crippen molar-refractivity contribution in [2.45, 2.75) is 12.3 Å². The Morgan fingerprint density at radius 3 is 2.35 bits per heavy atom. The number of hydrogen-bond donors (Lipinski definition) is 2. The number of nitrogens with two attached hydrogens (primary N) is 1. The van der Waals surface area contributed by atoms with E-state index in [2.05, 4.69) is 4.99 Å². The number of aliphatic hydroxyl groups is 1. The Morgan fingerprint density at radius 1 is 1.03 bits per heavy atom. The van der Waals surface area contributed by atoms with Gasteiger partial charge in [-0.25, -0.2) is 25.0 Å². The summed E-state index contributed by atoms with van der Waals surface area (Å²) in [5.74, 6) is 5.99. The van der Waals surface area contributed by atoms with Crippen LogP contribution in [0.1, 0.15) is 16.8 Å². The summed E-state index contributed by atoms with van der Waals surface area (Å²) in [7, 11) is 2.86. The number of nitrogens with zero attached hydrogens (tertiary/aromatic N) is 5. The van der Waals surface area contributed by atoms with Crippen molar-refractivity contribution in [1.29, 1.82) is 0 Å². The van der Waals surface area contributed by atoms with Crippen LogP contribution >= 0.6 is 0 Å². The number of aliphatic imine (C=N–C) groups is 1. The minimum Gasteiger partial charge on any atom is -0.362 e. The van der Waals surface area contributed by atoms with Crippen LogP contribution in [0, 0.1) is 5.82 Å². The van der Waals surface area contributed by atoms with Crippen LogP contribution in [-0.2, 0) is 26.4 Å². The molecule has 1 unspecified atom stereocenters. The largest absolute Gasteiger partial charge is 0.362 e. The number of benzene rings is 2. The number of aromatic nitrogens is 2. The van der Waals surface area contributed by atoms with Crippen molar-refractivity contribution in [2.75, 3.05) is 9.91 Å². The van der Waals surface area contributed by atoms with E-state index in [0.717, 1.165) is 4.57 Å². The molecule has 0 amide bonds. The quantitative estimate of drug-likeness (QED) is 0.553. The van der Waals surface area contributed by atoms with Gasteiger partial charge in [-0.1, -0.05) is 24.3 Å². The Bertz CT molecular complexity index is 1380. The standard InChI is InChI=1S/C21H19FN6O3/c1-25-16-11-27-14-5-3-4-6-15(14)28(23)19(27)24-21(31,12-7-9-13(22)10-8-12)17(16)18(29)26(2)20(25)30/h3-10,31H,11,23H2,1-2H3. The Balaban J connectivity index is 1.90. The lowest BCUT2D eigenvalue weighted by molar-refractivity contribution is 0.0875. The minimum absolute atomic E-state index is 0.0736. The number of hydrazine groups is 1. The molecule has 2 aromatic carbocycles. The number of fused-ring (bicyclic) bond motifs is 4. The second-order valence-corrected chi connectivity index (χ2v) is 7.56. The highest BCUT2D eigenvalue weighted by Gasteiger charge is 2.45. The average Bonchev–Trinajstić information content (AvgIpc) is 2.92. The van der Waals surface area contributed by atoms with Gasteiger partial charge in [0.2, 0.25) is 11.7 Å². The van der Waals surface area contributed by atoms with Gasteiger partial charge in [-0.15, -0.1) is 0 Å². The molecule has 0 fully saturated rings. The third-order valence-corrected chi connectivity index (χ3v) is 5.84. The van der Waals surface area contributed by atoms with Gasteiger partial charge in [-0.3, -0.25) is 13.9 Å². The smallest absolute Gasteiger partial charge is 0.330 e. The minimum atomic E-state index is -2.20. The molecule has 10 heteroatoms. The van der Waals surface area contributed by atoms with Crippen molar-refractivity contribution in [3.05, 3.63) is 92.0 Å². The number of hydrogen-bond acceptors (Lipinski definition) is 7. The molecule has 3 aromatic rings. The monoisotopic (exact) mass is 422 g/mol. The molecule has 1 aromatic heterocycles. The molecule has 0 saturated heterocycles. The summed E-state index contributed by atoms with van der Waals surface area (Å²) >= 11 is 0. The predicted molar refractivity (Wildman–Crippen MR) is 113 cm³/mol. The number of rotatable bonds is 1. The Morgan fingerprint density at radius 2 is 1.68 bits per heavy atom. The number of anilines is 2. The zero-order chi connectivity index (χ0) is 22.1. The van der Waals surface area contributed by atoms with Gasteiger partial charge in [0, 0.05) is 19.7 Å². The van der Waals surface area contributed by atoms with Crippen molar-refractivity contribution in [3.63, 3.8) is 0 Å². The highest BCUT2D eigenvalue weighted by atomic mass is 19.1. The van der Waals surface area contributed by atoms with Gasteiger partial charge in [-0.2, -0.15) is 0 Å². The number of para-hydroxylation sites is 2. The molecule has 2 aliphatic rings. The molecular weight excluding hydrogens is 403 g/mol. The number of halogens is 1. The first-order valence-electron chi connectivity index (χ1n) is 9.53. The van der Waals surface area contributed by atoms with Crippen LogP contribution in [0.5, 0.6) is 0 Å². The summed E-state index contributed by atoms with van der Waals surface area (Å²) in [6.45, 7) is 0.0736. The molecule has 0 radical (unpaired) electrons. The lowest BCUT2D eigenvalue weighted by atomic mass is 9.94. The van der Waals surface area contributed by atoms with E-state index < -0.39 is 22.8 Å². The lowest BCUT2D eigenvalue weighted by Crippen LogP contribution is -2.46. The molecular formula is C21H19FN6O3. The third-order valence-electron chi connectivity index (χ3n) is 5.84. The van der Waals surface area contributed by atoms with Crippen LogP contribution in [0.3, 0.4) is 0 Å². The van der Waals surface area contributed by atoms with Crippen molar-refractivity contribution in [1.82, 2.24) is 9.13 Å². The van der Waals surface area contributed by atoms with Crippen LogP contribution in [-0.4, -0.2) is 20.2 Å². The van der Waals surface area contributed by atoms with E-state index in [1.807, 2.05) is 18.2 Å². The Hall–Kier alpha value is -3.76. The maximum atomic E-state index is 13.6. The van der Waals surface area contributed by atoms with Gasteiger partial charge in [0.1, 0.15) is 5.82 Å². The Kier molecular flexibility index (Phi) is 3.95.